The van der Waals surface area contributed by atoms with Crippen molar-refractivity contribution in [2.24, 2.45) is 0 Å². The van der Waals surface area contributed by atoms with Crippen LogP contribution in [0.25, 0.3) is 0 Å². The number of pyridine rings is 2. The second-order valence-electron chi connectivity index (χ2n) is 14.9. The number of hydrazine groups is 2. The molecule has 22 heteroatoms. The number of aliphatic hydroxyl groups is 2. The molecule has 0 unspecified atom stereocenters. The molecule has 2 aromatic heterocycles. The molecule has 0 fully saturated rings. The number of aliphatic hydroxyl groups excluding tert-OH is 2. The molecular formula is C44H58N12O10+2. The van der Waals surface area contributed by atoms with Gasteiger partial charge in [0.15, 0.2) is 24.8 Å². The van der Waals surface area contributed by atoms with Crippen LogP contribution in [0.15, 0.2) is 85.5 Å². The molecule has 0 aliphatic rings. The Morgan fingerprint density at radius 2 is 1.23 bits per heavy atom. The van der Waals surface area contributed by atoms with Crippen molar-refractivity contribution in [3.8, 4) is 0 Å². The number of hydroxylamine groups is 1. The maximum Gasteiger partial charge on any atom is 0.327 e. The quantitative estimate of drug-likeness (QED) is 0.0140. The molecule has 0 spiro atoms. The van der Waals surface area contributed by atoms with Gasteiger partial charge in [0.2, 0.25) is 13.1 Å². The topological polar surface area (TPSA) is 288 Å². The Hall–Kier alpha value is -7.53. The second-order valence-corrected chi connectivity index (χ2v) is 14.9. The maximum atomic E-state index is 12.8. The first-order valence-electron chi connectivity index (χ1n) is 21.0. The molecule has 0 atom stereocenters. The minimum atomic E-state index is -0.937. The van der Waals surface area contributed by atoms with Gasteiger partial charge in [0, 0.05) is 55.8 Å². The Bertz CT molecular complexity index is 2330. The van der Waals surface area contributed by atoms with E-state index in [0.717, 1.165) is 36.1 Å². The van der Waals surface area contributed by atoms with Crippen LogP contribution in [-0.4, -0.2) is 96.5 Å². The van der Waals surface area contributed by atoms with Crippen LogP contribution in [0.3, 0.4) is 0 Å². The number of nitrogens with one attached hydrogen (secondary N) is 9. The van der Waals surface area contributed by atoms with Crippen LogP contribution in [0.2, 0.25) is 0 Å². The zero-order valence-corrected chi connectivity index (χ0v) is 37.1. The number of aromatic nitrogens is 2. The summed E-state index contributed by atoms with van der Waals surface area (Å²) in [6, 6.07) is 17.1. The molecule has 4 rings (SSSR count). The molecule has 2 heterocycles. The van der Waals surface area contributed by atoms with Crippen LogP contribution in [0.5, 0.6) is 0 Å². The molecule has 0 aliphatic heterocycles. The van der Waals surface area contributed by atoms with Crippen LogP contribution in [0.1, 0.15) is 52.7 Å². The van der Waals surface area contributed by atoms with Crippen molar-refractivity contribution in [2.45, 2.75) is 59.2 Å². The average Bonchev–Trinajstić information content (AvgIpc) is 3.30. The van der Waals surface area contributed by atoms with Crippen LogP contribution in [0.4, 0.5) is 22.7 Å². The minimum Gasteiger partial charge on any atom is -0.395 e. The van der Waals surface area contributed by atoms with Gasteiger partial charge in [-0.25, -0.2) is 5.48 Å². The van der Waals surface area contributed by atoms with Crippen LogP contribution >= 0.6 is 0 Å². The fourth-order valence-electron chi connectivity index (χ4n) is 6.04. The van der Waals surface area contributed by atoms with Gasteiger partial charge in [-0.05, 0) is 86.3 Å². The number of unbranched alkanes of at least 4 members (excludes halogenated alkanes) is 3. The van der Waals surface area contributed by atoms with Gasteiger partial charge in [-0.2, -0.15) is 9.13 Å². The number of anilines is 4. The average molecular weight is 915 g/mol. The van der Waals surface area contributed by atoms with E-state index in [9.17, 15) is 33.6 Å². The van der Waals surface area contributed by atoms with E-state index in [4.69, 9.17) is 15.1 Å². The van der Waals surface area contributed by atoms with E-state index < -0.39 is 30.4 Å². The van der Waals surface area contributed by atoms with E-state index in [0.29, 0.717) is 52.5 Å². The molecule has 2 aromatic carbocycles. The number of amides is 7. The fraction of sp³-hybridized carbons (Fsp3) is 0.341. The highest BCUT2D eigenvalue weighted by atomic mass is 16.6. The third-order valence-electron chi connectivity index (χ3n) is 9.52. The summed E-state index contributed by atoms with van der Waals surface area (Å²) in [6.45, 7) is 4.03. The molecule has 0 saturated carbocycles. The lowest BCUT2D eigenvalue weighted by Gasteiger charge is -2.15. The number of rotatable bonds is 24. The Balaban J connectivity index is 1.06. The summed E-state index contributed by atoms with van der Waals surface area (Å²) in [6.07, 6.45) is 10.4. The summed E-state index contributed by atoms with van der Waals surface area (Å²) in [7, 11) is 1.29. The van der Waals surface area contributed by atoms with Crippen molar-refractivity contribution in [1.29, 1.82) is 0 Å². The molecule has 7 amide bonds. The summed E-state index contributed by atoms with van der Waals surface area (Å²) in [5.74, 6) is -4.48. The molecule has 22 nitrogen and oxygen atoms in total. The van der Waals surface area contributed by atoms with E-state index in [-0.39, 0.29) is 50.6 Å². The van der Waals surface area contributed by atoms with Crippen LogP contribution < -0.4 is 57.6 Å². The Morgan fingerprint density at radius 3 is 1.82 bits per heavy atom. The number of likely N-dealkylation sites (N-methyl/N-ethyl adjacent to an activating group) is 1. The highest BCUT2D eigenvalue weighted by Gasteiger charge is 2.19. The van der Waals surface area contributed by atoms with Crippen LogP contribution in [-0.2, 0) is 53.3 Å². The van der Waals surface area contributed by atoms with E-state index >= 15 is 0 Å². The Morgan fingerprint density at radius 1 is 0.652 bits per heavy atom. The Kier molecular flexibility index (Phi) is 20.9. The molecule has 0 bridgehead atoms. The standard InChI is InChI=1S/C44H56N12O10/c1-30-22-35(12-14-36(30)50-52-42(63)41(62)46-18-21-57)49-39(60)27-56-20-9-11-33(25-56)40(61)45-16-6-4-5-7-17-47-66-28-32-10-8-19-55(24-32)26-38(59)48-34-13-15-37(31(2)23-34)51-53-43(64)44(65)54(3)29-58/h8-15,19-20,22-25,47,57-58H,4-7,16-18,21,26-29H2,1-3H3,(H6-2,45,46,48,49,50,51,52,53,59,60,61,62,63,64,65)/p+2. The summed E-state index contributed by atoms with van der Waals surface area (Å²) >= 11 is 0. The number of hydrogen-bond acceptors (Lipinski definition) is 13. The summed E-state index contributed by atoms with van der Waals surface area (Å²) < 4.78 is 3.35. The predicted molar refractivity (Wildman–Crippen MR) is 240 cm³/mol. The molecule has 0 saturated heterocycles. The highest BCUT2D eigenvalue weighted by Crippen LogP contribution is 2.20. The van der Waals surface area contributed by atoms with Gasteiger partial charge >= 0.3 is 23.6 Å². The maximum absolute atomic E-state index is 12.8. The van der Waals surface area contributed by atoms with Gasteiger partial charge in [0.25, 0.3) is 17.7 Å². The second kappa shape index (κ2) is 26.9. The zero-order chi connectivity index (χ0) is 47.8. The van der Waals surface area contributed by atoms with Crippen molar-refractivity contribution in [2.75, 3.05) is 61.5 Å². The molecule has 352 valence electrons. The van der Waals surface area contributed by atoms with Gasteiger partial charge in [0.05, 0.1) is 24.6 Å². The number of hydrogen-bond donors (Lipinski definition) is 11. The lowest BCUT2D eigenvalue weighted by atomic mass is 10.2. The van der Waals surface area contributed by atoms with Gasteiger partial charge in [0.1, 0.15) is 12.3 Å². The molecule has 4 aromatic rings. The number of benzene rings is 2. The lowest BCUT2D eigenvalue weighted by Crippen LogP contribution is -2.43. The number of nitrogens with zero attached hydrogens (tertiary/aromatic N) is 3. The smallest absolute Gasteiger partial charge is 0.327 e. The number of carbonyl (C=O) groups is 7. The number of aryl methyl sites for hydroxylation is 2. The first-order chi connectivity index (χ1) is 31.8. The van der Waals surface area contributed by atoms with Gasteiger partial charge in [-0.15, -0.1) is 0 Å². The summed E-state index contributed by atoms with van der Waals surface area (Å²) in [4.78, 5) is 92.2. The minimum absolute atomic E-state index is 0.0387. The summed E-state index contributed by atoms with van der Waals surface area (Å²) in [5, 5.41) is 28.6. The summed E-state index contributed by atoms with van der Waals surface area (Å²) in [5.41, 5.74) is 17.6. The molecule has 66 heavy (non-hydrogen) atoms. The normalized spacial score (nSPS) is 10.6. The molecule has 0 aliphatic carbocycles. The van der Waals surface area contributed by atoms with Gasteiger partial charge in [-0.1, -0.05) is 12.8 Å². The molecule has 0 radical (unpaired) electrons. The van der Waals surface area contributed by atoms with Crippen molar-refractivity contribution >= 4 is 64.1 Å². The lowest BCUT2D eigenvalue weighted by molar-refractivity contribution is -0.684. The predicted octanol–water partition coefficient (Wildman–Crippen LogP) is -0.430. The number of carbonyl (C=O) groups excluding carboxylic acids is 7. The van der Waals surface area contributed by atoms with E-state index in [2.05, 4.69) is 48.5 Å². The largest absolute Gasteiger partial charge is 0.395 e. The fourth-order valence-corrected chi connectivity index (χ4v) is 6.04. The third-order valence-corrected chi connectivity index (χ3v) is 9.52. The zero-order valence-electron chi connectivity index (χ0n) is 37.1. The van der Waals surface area contributed by atoms with Crippen molar-refractivity contribution < 1.29 is 57.7 Å². The Labute approximate surface area is 381 Å². The van der Waals surface area contributed by atoms with Crippen LogP contribution in [0, 0.1) is 13.8 Å². The van der Waals surface area contributed by atoms with E-state index in [1.807, 2.05) is 18.3 Å². The van der Waals surface area contributed by atoms with Crippen molar-refractivity contribution in [1.82, 2.24) is 31.9 Å². The van der Waals surface area contributed by atoms with Crippen molar-refractivity contribution in [3.05, 3.63) is 108 Å². The highest BCUT2D eigenvalue weighted by molar-refractivity contribution is 6.35. The van der Waals surface area contributed by atoms with Gasteiger partial charge in [-0.3, -0.25) is 60.1 Å². The SMILES string of the molecule is Cc1cc(NC(=O)C[n+]2cccc(C(=O)NCCCCCCNOCc3ccc[n+](CC(=O)Nc4ccc(NNC(=O)C(=O)N(C)CO)c(C)c4)c3)c2)ccc1NNC(=O)C(=O)NCCO. The van der Waals surface area contributed by atoms with Crippen molar-refractivity contribution in [3.63, 3.8) is 0 Å². The monoisotopic (exact) mass is 914 g/mol. The first-order valence-corrected chi connectivity index (χ1v) is 21.0. The van der Waals surface area contributed by atoms with E-state index in [1.165, 1.54) is 7.05 Å². The first kappa shape index (κ1) is 51.1. The molecular weight excluding hydrogens is 857 g/mol. The van der Waals surface area contributed by atoms with E-state index in [1.54, 1.807) is 90.1 Å². The molecule has 11 N–H and O–H groups in total. The third kappa shape index (κ3) is 17.6. The van der Waals surface area contributed by atoms with Gasteiger partial charge < -0.3 is 36.4 Å².